The van der Waals surface area contributed by atoms with Crippen molar-refractivity contribution in [1.82, 2.24) is 5.32 Å². The Morgan fingerprint density at radius 1 is 1.45 bits per heavy atom. The Kier molecular flexibility index (Phi) is 7.51. The van der Waals surface area contributed by atoms with Gasteiger partial charge in [-0.25, -0.2) is 0 Å². The fourth-order valence-electron chi connectivity index (χ4n) is 1.63. The zero-order chi connectivity index (χ0) is 15.0. The van der Waals surface area contributed by atoms with E-state index in [1.807, 2.05) is 0 Å². The average Bonchev–Trinajstić information content (AvgIpc) is 2.38. The Bertz CT molecular complexity index is 438. The van der Waals surface area contributed by atoms with E-state index in [1.54, 1.807) is 6.07 Å². The van der Waals surface area contributed by atoms with Crippen LogP contribution < -0.4 is 5.32 Å². The number of benzene rings is 1. The van der Waals surface area contributed by atoms with Gasteiger partial charge in [0.25, 0.3) is 5.69 Å². The summed E-state index contributed by atoms with van der Waals surface area (Å²) in [6.45, 7) is 7.18. The molecule has 0 spiro atoms. The second kappa shape index (κ2) is 8.89. The molecule has 1 rings (SSSR count). The van der Waals surface area contributed by atoms with E-state index in [1.165, 1.54) is 12.1 Å². The summed E-state index contributed by atoms with van der Waals surface area (Å²) in [7, 11) is 0. The Hall–Kier alpha value is -1.17. The molecule has 0 radical (unpaired) electrons. The number of non-ortho nitro benzene ring substituents is 1. The van der Waals surface area contributed by atoms with Crippen molar-refractivity contribution in [3.05, 3.63) is 38.9 Å². The molecule has 5 nitrogen and oxygen atoms in total. The minimum absolute atomic E-state index is 0.0147. The van der Waals surface area contributed by atoms with E-state index in [0.29, 0.717) is 17.5 Å². The van der Waals surface area contributed by atoms with E-state index in [2.05, 4.69) is 19.2 Å². The first-order valence-electron chi connectivity index (χ1n) is 6.72. The van der Waals surface area contributed by atoms with E-state index in [-0.39, 0.29) is 5.69 Å². The first kappa shape index (κ1) is 16.9. The molecule has 0 aliphatic heterocycles. The third-order valence-corrected chi connectivity index (χ3v) is 3.01. The molecule has 0 unspecified atom stereocenters. The first-order valence-corrected chi connectivity index (χ1v) is 7.09. The number of ether oxygens (including phenoxy) is 1. The van der Waals surface area contributed by atoms with Crippen molar-refractivity contribution in [1.29, 1.82) is 0 Å². The first-order chi connectivity index (χ1) is 9.50. The van der Waals surface area contributed by atoms with E-state index < -0.39 is 4.92 Å². The van der Waals surface area contributed by atoms with Crippen LogP contribution in [0.2, 0.25) is 5.02 Å². The SMILES string of the molecule is CC(C)COCCCNCc1ccc([N+](=O)[O-])cc1Cl. The number of nitro groups is 1. The van der Waals surface area contributed by atoms with E-state index >= 15 is 0 Å². The van der Waals surface area contributed by atoms with Gasteiger partial charge in [0.15, 0.2) is 0 Å². The van der Waals surface area contributed by atoms with Gasteiger partial charge in [0, 0.05) is 31.9 Å². The summed E-state index contributed by atoms with van der Waals surface area (Å²) in [4.78, 5) is 10.1. The van der Waals surface area contributed by atoms with Gasteiger partial charge in [-0.1, -0.05) is 25.4 Å². The van der Waals surface area contributed by atoms with Crippen LogP contribution in [0.15, 0.2) is 18.2 Å². The number of rotatable bonds is 9. The highest BCUT2D eigenvalue weighted by Crippen LogP contribution is 2.22. The molecule has 20 heavy (non-hydrogen) atoms. The topological polar surface area (TPSA) is 64.4 Å². The molecule has 0 bridgehead atoms. The van der Waals surface area contributed by atoms with Crippen molar-refractivity contribution in [2.45, 2.75) is 26.8 Å². The van der Waals surface area contributed by atoms with Crippen LogP contribution in [-0.2, 0) is 11.3 Å². The molecule has 0 aliphatic carbocycles. The highest BCUT2D eigenvalue weighted by molar-refractivity contribution is 6.31. The lowest BCUT2D eigenvalue weighted by atomic mass is 10.2. The zero-order valence-corrected chi connectivity index (χ0v) is 12.7. The van der Waals surface area contributed by atoms with E-state index in [4.69, 9.17) is 16.3 Å². The van der Waals surface area contributed by atoms with Gasteiger partial charge in [0.2, 0.25) is 0 Å². The fraction of sp³-hybridized carbons (Fsp3) is 0.571. The van der Waals surface area contributed by atoms with Gasteiger partial charge in [-0.3, -0.25) is 10.1 Å². The molecule has 6 heteroatoms. The van der Waals surface area contributed by atoms with Gasteiger partial charge in [0.1, 0.15) is 0 Å². The van der Waals surface area contributed by atoms with Crippen LogP contribution in [0.4, 0.5) is 5.69 Å². The summed E-state index contributed by atoms with van der Waals surface area (Å²) >= 11 is 6.00. The van der Waals surface area contributed by atoms with Gasteiger partial charge in [-0.05, 0) is 30.5 Å². The van der Waals surface area contributed by atoms with Crippen molar-refractivity contribution in [2.75, 3.05) is 19.8 Å². The van der Waals surface area contributed by atoms with Crippen molar-refractivity contribution >= 4 is 17.3 Å². The normalized spacial score (nSPS) is 11.0. The molecule has 0 saturated carbocycles. The molecule has 0 amide bonds. The predicted molar refractivity (Wildman–Crippen MR) is 80.1 cm³/mol. The molecule has 0 aromatic heterocycles. The monoisotopic (exact) mass is 300 g/mol. The van der Waals surface area contributed by atoms with Crippen LogP contribution in [0.3, 0.4) is 0 Å². The molecule has 1 aromatic rings. The third kappa shape index (κ3) is 6.32. The zero-order valence-electron chi connectivity index (χ0n) is 11.9. The highest BCUT2D eigenvalue weighted by atomic mass is 35.5. The van der Waals surface area contributed by atoms with Gasteiger partial charge < -0.3 is 10.1 Å². The molecule has 1 N–H and O–H groups in total. The quantitative estimate of drug-likeness (QED) is 0.431. The molecular weight excluding hydrogens is 280 g/mol. The van der Waals surface area contributed by atoms with Crippen LogP contribution in [0.25, 0.3) is 0 Å². The standard InChI is InChI=1S/C14H21ClN2O3/c1-11(2)10-20-7-3-6-16-9-12-4-5-13(17(18)19)8-14(12)15/h4-5,8,11,16H,3,6-7,9-10H2,1-2H3. The van der Waals surface area contributed by atoms with Crippen LogP contribution in [0, 0.1) is 16.0 Å². The number of hydrogen-bond donors (Lipinski definition) is 1. The van der Waals surface area contributed by atoms with Gasteiger partial charge in [0.05, 0.1) is 9.95 Å². The largest absolute Gasteiger partial charge is 0.381 e. The Labute approximate surface area is 124 Å². The molecular formula is C14H21ClN2O3. The van der Waals surface area contributed by atoms with Gasteiger partial charge >= 0.3 is 0 Å². The fourth-order valence-corrected chi connectivity index (χ4v) is 1.88. The lowest BCUT2D eigenvalue weighted by Gasteiger charge is -2.08. The van der Waals surface area contributed by atoms with Crippen molar-refractivity contribution in [3.8, 4) is 0 Å². The lowest BCUT2D eigenvalue weighted by molar-refractivity contribution is -0.384. The molecule has 112 valence electrons. The van der Waals surface area contributed by atoms with Crippen molar-refractivity contribution in [2.24, 2.45) is 5.92 Å². The van der Waals surface area contributed by atoms with Crippen LogP contribution in [0.1, 0.15) is 25.8 Å². The smallest absolute Gasteiger partial charge is 0.270 e. The molecule has 1 aromatic carbocycles. The Morgan fingerprint density at radius 2 is 2.20 bits per heavy atom. The molecule has 0 fully saturated rings. The Morgan fingerprint density at radius 3 is 2.80 bits per heavy atom. The number of nitrogens with zero attached hydrogens (tertiary/aromatic N) is 1. The maximum absolute atomic E-state index is 10.6. The second-order valence-electron chi connectivity index (χ2n) is 5.03. The minimum atomic E-state index is -0.449. The van der Waals surface area contributed by atoms with E-state index in [0.717, 1.165) is 31.7 Å². The minimum Gasteiger partial charge on any atom is -0.381 e. The summed E-state index contributed by atoms with van der Waals surface area (Å²) in [6, 6.07) is 4.53. The van der Waals surface area contributed by atoms with E-state index in [9.17, 15) is 10.1 Å². The Balaban J connectivity index is 2.24. The summed E-state index contributed by atoms with van der Waals surface area (Å²) in [5.41, 5.74) is 0.876. The third-order valence-electron chi connectivity index (χ3n) is 2.66. The summed E-state index contributed by atoms with van der Waals surface area (Å²) in [5.74, 6) is 0.557. The number of nitro benzene ring substituents is 1. The maximum Gasteiger partial charge on any atom is 0.270 e. The predicted octanol–water partition coefficient (Wildman–Crippen LogP) is 3.40. The highest BCUT2D eigenvalue weighted by Gasteiger charge is 2.08. The summed E-state index contributed by atoms with van der Waals surface area (Å²) in [6.07, 6.45) is 0.928. The number of halogens is 1. The number of nitrogens with one attached hydrogen (secondary N) is 1. The maximum atomic E-state index is 10.6. The van der Waals surface area contributed by atoms with Crippen molar-refractivity contribution in [3.63, 3.8) is 0 Å². The van der Waals surface area contributed by atoms with Crippen LogP contribution in [-0.4, -0.2) is 24.7 Å². The van der Waals surface area contributed by atoms with Crippen molar-refractivity contribution < 1.29 is 9.66 Å². The molecule has 0 atom stereocenters. The molecule has 0 heterocycles. The van der Waals surface area contributed by atoms with Crippen LogP contribution >= 0.6 is 11.6 Å². The van der Waals surface area contributed by atoms with Gasteiger partial charge in [-0.2, -0.15) is 0 Å². The molecule has 0 aliphatic rings. The number of hydrogen-bond acceptors (Lipinski definition) is 4. The summed E-state index contributed by atoms with van der Waals surface area (Å²) < 4.78 is 5.47. The lowest BCUT2D eigenvalue weighted by Crippen LogP contribution is -2.17. The second-order valence-corrected chi connectivity index (χ2v) is 5.44. The van der Waals surface area contributed by atoms with Crippen LogP contribution in [0.5, 0.6) is 0 Å². The average molecular weight is 301 g/mol. The molecule has 0 saturated heterocycles. The summed E-state index contributed by atoms with van der Waals surface area (Å²) in [5, 5.41) is 14.3. The van der Waals surface area contributed by atoms with Gasteiger partial charge in [-0.15, -0.1) is 0 Å².